The van der Waals surface area contributed by atoms with Gasteiger partial charge in [-0.25, -0.2) is 4.79 Å². The Kier molecular flexibility index (Phi) is 9.91. The molecule has 172 valence electrons. The maximum absolute atomic E-state index is 12.5. The summed E-state index contributed by atoms with van der Waals surface area (Å²) >= 11 is 3.09. The van der Waals surface area contributed by atoms with Gasteiger partial charge in [-0.3, -0.25) is 4.79 Å². The molecule has 2 aromatic carbocycles. The van der Waals surface area contributed by atoms with Gasteiger partial charge in [0.1, 0.15) is 0 Å². The minimum Gasteiger partial charge on any atom is -0.318 e. The Balaban J connectivity index is 1.63. The van der Waals surface area contributed by atoms with Crippen LogP contribution in [0.5, 0.6) is 0 Å². The number of unbranched alkanes of at least 4 members (excludes halogenated alkanes) is 4. The zero-order valence-corrected chi connectivity index (χ0v) is 20.7. The Hall–Kier alpha value is -2.70. The Morgan fingerprint density at radius 1 is 0.879 bits per heavy atom. The fourth-order valence-electron chi connectivity index (χ4n) is 3.33. The Labute approximate surface area is 204 Å². The molecule has 0 saturated heterocycles. The molecule has 0 atom stereocenters. The highest BCUT2D eigenvalue weighted by atomic mass is 32.2. The van der Waals surface area contributed by atoms with Crippen molar-refractivity contribution in [3.63, 3.8) is 0 Å². The number of oxime groups is 1. The minimum absolute atomic E-state index is 0.0557. The zero-order chi connectivity index (χ0) is 23.5. The summed E-state index contributed by atoms with van der Waals surface area (Å²) in [5, 5.41) is 6.01. The van der Waals surface area contributed by atoms with Crippen LogP contribution in [-0.2, 0) is 9.63 Å². The largest absolute Gasteiger partial charge is 0.331 e. The Bertz CT molecular complexity index is 1060. The van der Waals surface area contributed by atoms with Crippen molar-refractivity contribution in [3.8, 4) is 0 Å². The molecule has 3 rings (SSSR count). The first kappa shape index (κ1) is 24.9. The van der Waals surface area contributed by atoms with Crippen LogP contribution in [0, 0.1) is 0 Å². The smallest absolute Gasteiger partial charge is 0.318 e. The maximum Gasteiger partial charge on any atom is 0.331 e. The van der Waals surface area contributed by atoms with Gasteiger partial charge in [-0.05, 0) is 66.2 Å². The van der Waals surface area contributed by atoms with Crippen LogP contribution >= 0.6 is 23.1 Å². The second-order valence-electron chi connectivity index (χ2n) is 7.74. The molecule has 0 N–H and O–H groups in total. The second kappa shape index (κ2) is 13.1. The maximum atomic E-state index is 12.5. The van der Waals surface area contributed by atoms with E-state index in [-0.39, 0.29) is 5.78 Å². The number of hydrogen-bond donors (Lipinski definition) is 0. The van der Waals surface area contributed by atoms with Gasteiger partial charge in [0.15, 0.2) is 0 Å². The lowest BCUT2D eigenvalue weighted by Gasteiger charge is -2.08. The van der Waals surface area contributed by atoms with Crippen molar-refractivity contribution in [2.24, 2.45) is 5.16 Å². The van der Waals surface area contributed by atoms with Crippen molar-refractivity contribution < 1.29 is 14.4 Å². The van der Waals surface area contributed by atoms with Crippen LogP contribution in [0.25, 0.3) is 0 Å². The van der Waals surface area contributed by atoms with Crippen LogP contribution in [0.15, 0.2) is 81.0 Å². The van der Waals surface area contributed by atoms with Gasteiger partial charge in [-0.2, -0.15) is 0 Å². The van der Waals surface area contributed by atoms with Crippen LogP contribution in [-0.4, -0.2) is 17.5 Å². The van der Waals surface area contributed by atoms with Gasteiger partial charge >= 0.3 is 5.97 Å². The number of benzene rings is 2. The predicted molar refractivity (Wildman–Crippen MR) is 136 cm³/mol. The molecule has 0 bridgehead atoms. The van der Waals surface area contributed by atoms with Crippen molar-refractivity contribution in [2.45, 2.75) is 62.2 Å². The molecule has 1 heterocycles. The van der Waals surface area contributed by atoms with Crippen molar-refractivity contribution in [1.82, 2.24) is 0 Å². The van der Waals surface area contributed by atoms with E-state index in [1.165, 1.54) is 37.5 Å². The van der Waals surface area contributed by atoms with E-state index < -0.39 is 5.97 Å². The number of hydrogen-bond acceptors (Lipinski definition) is 6. The Morgan fingerprint density at radius 3 is 2.09 bits per heavy atom. The fraction of sp³-hybridized carbons (Fsp3) is 0.296. The second-order valence-corrected chi connectivity index (χ2v) is 9.84. The summed E-state index contributed by atoms with van der Waals surface area (Å²) in [6, 6.07) is 19.6. The molecule has 0 aliphatic heterocycles. The normalized spacial score (nSPS) is 11.4. The first-order valence-corrected chi connectivity index (χ1v) is 13.0. The average Bonchev–Trinajstić information content (AvgIpc) is 3.36. The first-order chi connectivity index (χ1) is 16.1. The van der Waals surface area contributed by atoms with Gasteiger partial charge in [-0.15, -0.1) is 11.3 Å². The molecule has 1 aromatic heterocycles. The van der Waals surface area contributed by atoms with Crippen molar-refractivity contribution in [1.29, 1.82) is 0 Å². The monoisotopic (exact) mass is 479 g/mol. The van der Waals surface area contributed by atoms with Gasteiger partial charge in [0.2, 0.25) is 5.78 Å². The minimum atomic E-state index is -0.410. The van der Waals surface area contributed by atoms with Crippen molar-refractivity contribution in [3.05, 3.63) is 82.0 Å². The van der Waals surface area contributed by atoms with Gasteiger partial charge in [0, 0.05) is 22.3 Å². The van der Waals surface area contributed by atoms with Crippen LogP contribution < -0.4 is 0 Å². The molecule has 0 spiro atoms. The van der Waals surface area contributed by atoms with E-state index in [1.54, 1.807) is 11.8 Å². The van der Waals surface area contributed by atoms with Crippen LogP contribution in [0.2, 0.25) is 0 Å². The van der Waals surface area contributed by atoms with E-state index in [0.29, 0.717) is 5.56 Å². The van der Waals surface area contributed by atoms with Gasteiger partial charge in [0.25, 0.3) is 0 Å². The summed E-state index contributed by atoms with van der Waals surface area (Å²) in [4.78, 5) is 31.5. The van der Waals surface area contributed by atoms with E-state index in [0.717, 1.165) is 45.2 Å². The summed E-state index contributed by atoms with van der Waals surface area (Å²) < 4.78 is 0. The van der Waals surface area contributed by atoms with Gasteiger partial charge < -0.3 is 4.84 Å². The fourth-order valence-corrected chi connectivity index (χ4v) is 4.84. The molecule has 6 heteroatoms. The lowest BCUT2D eigenvalue weighted by Crippen LogP contribution is -2.04. The topological polar surface area (TPSA) is 55.7 Å². The highest BCUT2D eigenvalue weighted by Crippen LogP contribution is 2.29. The van der Waals surface area contributed by atoms with Gasteiger partial charge in [-0.1, -0.05) is 67.7 Å². The molecular formula is C27H29NO3S2. The summed E-state index contributed by atoms with van der Waals surface area (Å²) in [6.45, 7) is 3.56. The number of ketones is 1. The van der Waals surface area contributed by atoms with Crippen LogP contribution in [0.1, 0.15) is 73.2 Å². The third kappa shape index (κ3) is 7.98. The summed E-state index contributed by atoms with van der Waals surface area (Å²) in [5.74, 6) is -0.355. The molecule has 0 aliphatic carbocycles. The molecule has 33 heavy (non-hydrogen) atoms. The lowest BCUT2D eigenvalue weighted by atomic mass is 10.0. The molecule has 0 unspecified atom stereocenters. The lowest BCUT2D eigenvalue weighted by molar-refractivity contribution is -0.140. The van der Waals surface area contributed by atoms with E-state index >= 15 is 0 Å². The molecule has 0 radical (unpaired) electrons. The summed E-state index contributed by atoms with van der Waals surface area (Å²) in [5.41, 5.74) is 2.46. The van der Waals surface area contributed by atoms with E-state index in [9.17, 15) is 9.59 Å². The third-order valence-corrected chi connectivity index (χ3v) is 6.97. The van der Waals surface area contributed by atoms with E-state index in [1.807, 2.05) is 66.0 Å². The summed E-state index contributed by atoms with van der Waals surface area (Å²) in [6.07, 6.45) is 6.61. The molecule has 0 amide bonds. The third-order valence-electron chi connectivity index (χ3n) is 5.09. The quantitative estimate of drug-likeness (QED) is 0.0876. The van der Waals surface area contributed by atoms with Crippen LogP contribution in [0.3, 0.4) is 0 Å². The number of carbonyl (C=O) groups is 2. The predicted octanol–water partition coefficient (Wildman–Crippen LogP) is 7.76. The highest BCUT2D eigenvalue weighted by molar-refractivity contribution is 7.99. The number of rotatable bonds is 12. The molecule has 0 fully saturated rings. The van der Waals surface area contributed by atoms with E-state index in [4.69, 9.17) is 4.84 Å². The standard InChI is InChI=1S/C27H29NO3S2/c1-3-4-5-6-7-9-25(28-31-20(2)29)21-11-15-23(16-12-21)33-24-17-13-22(14-18-24)27(30)26-10-8-19-32-26/h8,10-19H,3-7,9H2,1-2H3/b28-25+. The first-order valence-electron chi connectivity index (χ1n) is 11.3. The zero-order valence-electron chi connectivity index (χ0n) is 19.1. The molecule has 4 nitrogen and oxygen atoms in total. The highest BCUT2D eigenvalue weighted by Gasteiger charge is 2.10. The Morgan fingerprint density at radius 2 is 1.52 bits per heavy atom. The molecular weight excluding hydrogens is 450 g/mol. The average molecular weight is 480 g/mol. The number of nitrogens with zero attached hydrogens (tertiary/aromatic N) is 1. The van der Waals surface area contributed by atoms with E-state index in [2.05, 4.69) is 12.1 Å². The SMILES string of the molecule is CCCCCCC/C(=N\OC(C)=O)c1ccc(Sc2ccc(C(=O)c3cccs3)cc2)cc1. The van der Waals surface area contributed by atoms with Gasteiger partial charge in [0.05, 0.1) is 10.6 Å². The molecule has 0 aliphatic rings. The molecule has 0 saturated carbocycles. The van der Waals surface area contributed by atoms with Crippen LogP contribution in [0.4, 0.5) is 0 Å². The van der Waals surface area contributed by atoms with Crippen molar-refractivity contribution in [2.75, 3.05) is 0 Å². The van der Waals surface area contributed by atoms with Crippen molar-refractivity contribution >= 4 is 40.6 Å². The number of thiophene rings is 1. The number of carbonyl (C=O) groups excluding carboxylic acids is 2. The molecule has 3 aromatic rings. The summed E-state index contributed by atoms with van der Waals surface area (Å²) in [7, 11) is 0.